The van der Waals surface area contributed by atoms with Crippen molar-refractivity contribution in [3.63, 3.8) is 0 Å². The normalized spacial score (nSPS) is 11.2. The smallest absolute Gasteiger partial charge is 0.344 e. The third-order valence-corrected chi connectivity index (χ3v) is 5.88. The van der Waals surface area contributed by atoms with Crippen LogP contribution in [-0.4, -0.2) is 56.8 Å². The molecule has 2 heterocycles. The largest absolute Gasteiger partial charge is 0.457 e. The van der Waals surface area contributed by atoms with E-state index in [1.54, 1.807) is 67.5 Å². The molecule has 0 atom stereocenters. The first kappa shape index (κ1) is 28.6. The number of nitrogens with zero attached hydrogens (tertiary/aromatic N) is 6. The number of pyridine rings is 1. The van der Waals surface area contributed by atoms with E-state index in [1.165, 1.54) is 36.2 Å². The second-order valence-corrected chi connectivity index (χ2v) is 9.21. The fourth-order valence-electron chi connectivity index (χ4n) is 3.72. The van der Waals surface area contributed by atoms with Gasteiger partial charge in [0.25, 0.3) is 5.91 Å². The molecule has 4 rings (SSSR count). The average Bonchev–Trinajstić information content (AvgIpc) is 3.40. The number of urea groups is 1. The quantitative estimate of drug-likeness (QED) is 0.136. The average molecular weight is 558 g/mol. The van der Waals surface area contributed by atoms with Gasteiger partial charge in [-0.05, 0) is 68.4 Å². The molecule has 0 radical (unpaired) electrons. The minimum absolute atomic E-state index is 0.275. The molecule has 3 amide bonds. The zero-order valence-corrected chi connectivity index (χ0v) is 22.9. The van der Waals surface area contributed by atoms with Crippen molar-refractivity contribution in [1.29, 1.82) is 0 Å². The van der Waals surface area contributed by atoms with Gasteiger partial charge in [-0.25, -0.2) is 14.2 Å². The number of carbonyl (C=O) groups is 3. The summed E-state index contributed by atoms with van der Waals surface area (Å²) in [6.07, 6.45) is 7.14. The van der Waals surface area contributed by atoms with E-state index in [1.807, 2.05) is 13.2 Å². The van der Waals surface area contributed by atoms with Gasteiger partial charge in [-0.1, -0.05) is 0 Å². The number of carbonyl (C=O) groups excluding carboxylic acids is 3. The third-order valence-electron chi connectivity index (χ3n) is 5.88. The Labute approximate surface area is 235 Å². The number of hydrogen-bond donors (Lipinski definition) is 1. The first-order chi connectivity index (χ1) is 19.7. The Balaban J connectivity index is 1.46. The molecule has 0 fully saturated rings. The van der Waals surface area contributed by atoms with E-state index in [-0.39, 0.29) is 6.29 Å². The first-order valence-corrected chi connectivity index (χ1v) is 12.5. The lowest BCUT2D eigenvalue weighted by atomic mass is 10.1. The third kappa shape index (κ3) is 6.98. The van der Waals surface area contributed by atoms with E-state index in [2.05, 4.69) is 20.5 Å². The van der Waals surface area contributed by atoms with Crippen LogP contribution in [0.25, 0.3) is 11.1 Å². The van der Waals surface area contributed by atoms with E-state index in [0.29, 0.717) is 22.9 Å². The van der Waals surface area contributed by atoms with Crippen LogP contribution >= 0.6 is 0 Å². The van der Waals surface area contributed by atoms with Crippen molar-refractivity contribution in [3.8, 4) is 22.6 Å². The standard InChI is InChI=1S/C29H28FN7O4/c1-19(2)37(29(40)36(4)23-9-5-21(30)6-10-23)34-26(18-38)28(39)33-22-7-11-24(12-8-22)41-27-13-14-31-16-25(27)20-15-32-35(3)17-20/h5-19H,1-4H3,(H,33,39)/b34-26+. The van der Waals surface area contributed by atoms with E-state index in [9.17, 15) is 18.8 Å². The number of aromatic nitrogens is 3. The Kier molecular flexibility index (Phi) is 8.82. The number of halogens is 1. The molecular formula is C29H28FN7O4. The van der Waals surface area contributed by atoms with Crippen molar-refractivity contribution in [1.82, 2.24) is 19.8 Å². The lowest BCUT2D eigenvalue weighted by Crippen LogP contribution is -2.43. The van der Waals surface area contributed by atoms with Crippen molar-refractivity contribution in [3.05, 3.63) is 85.2 Å². The number of hydrazone groups is 1. The summed E-state index contributed by atoms with van der Waals surface area (Å²) < 4.78 is 21.0. The molecule has 0 saturated carbocycles. The molecule has 0 unspecified atom stereocenters. The van der Waals surface area contributed by atoms with Gasteiger partial charge in [0.2, 0.25) is 0 Å². The van der Waals surface area contributed by atoms with E-state index in [4.69, 9.17) is 4.74 Å². The molecular weight excluding hydrogens is 529 g/mol. The number of aryl methyl sites for hydroxylation is 1. The van der Waals surface area contributed by atoms with Gasteiger partial charge in [-0.3, -0.25) is 24.2 Å². The molecule has 1 N–H and O–H groups in total. The number of rotatable bonds is 9. The van der Waals surface area contributed by atoms with Crippen molar-refractivity contribution in [2.75, 3.05) is 17.3 Å². The molecule has 2 aromatic carbocycles. The Morgan fingerprint density at radius 2 is 1.78 bits per heavy atom. The monoisotopic (exact) mass is 557 g/mol. The van der Waals surface area contributed by atoms with Crippen LogP contribution in [-0.2, 0) is 16.6 Å². The lowest BCUT2D eigenvalue weighted by Gasteiger charge is -2.27. The Hall–Kier alpha value is -5.39. The van der Waals surface area contributed by atoms with Gasteiger partial charge >= 0.3 is 6.03 Å². The Bertz CT molecular complexity index is 1570. The highest BCUT2D eigenvalue weighted by molar-refractivity contribution is 6.62. The van der Waals surface area contributed by atoms with E-state index < -0.39 is 29.5 Å². The zero-order chi connectivity index (χ0) is 29.5. The molecule has 11 nitrogen and oxygen atoms in total. The van der Waals surface area contributed by atoms with Crippen LogP contribution in [0, 0.1) is 5.82 Å². The predicted molar refractivity (Wildman–Crippen MR) is 152 cm³/mol. The molecule has 0 saturated heterocycles. The highest BCUT2D eigenvalue weighted by atomic mass is 19.1. The number of anilines is 2. The highest BCUT2D eigenvalue weighted by Gasteiger charge is 2.24. The second kappa shape index (κ2) is 12.6. The summed E-state index contributed by atoms with van der Waals surface area (Å²) in [5.74, 6) is -0.169. The van der Waals surface area contributed by atoms with Gasteiger partial charge in [0.1, 0.15) is 17.3 Å². The molecule has 0 aliphatic carbocycles. The van der Waals surface area contributed by atoms with Crippen LogP contribution in [0.5, 0.6) is 11.5 Å². The topological polar surface area (TPSA) is 122 Å². The summed E-state index contributed by atoms with van der Waals surface area (Å²) in [5, 5.41) is 11.8. The summed E-state index contributed by atoms with van der Waals surface area (Å²) in [5.41, 5.74) is 1.90. The molecule has 210 valence electrons. The minimum atomic E-state index is -0.801. The van der Waals surface area contributed by atoms with Crippen LogP contribution in [0.2, 0.25) is 0 Å². The fourth-order valence-corrected chi connectivity index (χ4v) is 3.72. The van der Waals surface area contributed by atoms with Gasteiger partial charge in [0, 0.05) is 55.2 Å². The summed E-state index contributed by atoms with van der Waals surface area (Å²) in [6.45, 7) is 3.36. The van der Waals surface area contributed by atoms with Crippen LogP contribution in [0.4, 0.5) is 20.6 Å². The lowest BCUT2D eigenvalue weighted by molar-refractivity contribution is -0.111. The maximum atomic E-state index is 13.3. The van der Waals surface area contributed by atoms with Gasteiger partial charge < -0.3 is 10.1 Å². The summed E-state index contributed by atoms with van der Waals surface area (Å²) in [7, 11) is 3.30. The Morgan fingerprint density at radius 3 is 2.39 bits per heavy atom. The van der Waals surface area contributed by atoms with Crippen molar-refractivity contribution in [2.45, 2.75) is 19.9 Å². The van der Waals surface area contributed by atoms with Crippen LogP contribution in [0.15, 0.2) is 84.5 Å². The predicted octanol–water partition coefficient (Wildman–Crippen LogP) is 4.87. The fraction of sp³-hybridized carbons (Fsp3) is 0.172. The second-order valence-electron chi connectivity index (χ2n) is 9.21. The molecule has 0 aliphatic heterocycles. The van der Waals surface area contributed by atoms with Gasteiger partial charge in [-0.15, -0.1) is 0 Å². The molecule has 41 heavy (non-hydrogen) atoms. The zero-order valence-electron chi connectivity index (χ0n) is 22.9. The molecule has 2 aromatic heterocycles. The van der Waals surface area contributed by atoms with E-state index in [0.717, 1.165) is 16.1 Å². The number of nitrogens with one attached hydrogen (secondary N) is 1. The summed E-state index contributed by atoms with van der Waals surface area (Å²) in [4.78, 5) is 43.2. The van der Waals surface area contributed by atoms with Gasteiger partial charge in [0.05, 0.1) is 12.2 Å². The molecule has 0 aliphatic rings. The first-order valence-electron chi connectivity index (χ1n) is 12.5. The number of hydrogen-bond acceptors (Lipinski definition) is 7. The SMILES string of the molecule is CC(C)N(/N=C(\C=O)C(=O)Nc1ccc(Oc2ccncc2-c2cnn(C)c2)cc1)C(=O)N(C)c1ccc(F)cc1. The minimum Gasteiger partial charge on any atom is -0.457 e. The molecule has 4 aromatic rings. The number of ether oxygens (including phenoxy) is 1. The molecule has 12 heteroatoms. The highest BCUT2D eigenvalue weighted by Crippen LogP contribution is 2.32. The van der Waals surface area contributed by atoms with Crippen LogP contribution in [0.1, 0.15) is 13.8 Å². The summed E-state index contributed by atoms with van der Waals surface area (Å²) in [6, 6.07) is 12.5. The van der Waals surface area contributed by atoms with Gasteiger partial charge in [0.15, 0.2) is 12.0 Å². The van der Waals surface area contributed by atoms with Crippen LogP contribution < -0.4 is 15.0 Å². The number of aldehydes is 1. The maximum Gasteiger partial charge on any atom is 0.344 e. The summed E-state index contributed by atoms with van der Waals surface area (Å²) >= 11 is 0. The van der Waals surface area contributed by atoms with Crippen molar-refractivity contribution < 1.29 is 23.5 Å². The Morgan fingerprint density at radius 1 is 1.07 bits per heavy atom. The van der Waals surface area contributed by atoms with Crippen LogP contribution in [0.3, 0.4) is 0 Å². The van der Waals surface area contributed by atoms with Crippen molar-refractivity contribution in [2.24, 2.45) is 12.1 Å². The van der Waals surface area contributed by atoms with Crippen molar-refractivity contribution >= 4 is 35.3 Å². The molecule has 0 bridgehead atoms. The maximum absolute atomic E-state index is 13.3. The molecule has 0 spiro atoms. The van der Waals surface area contributed by atoms with Gasteiger partial charge in [-0.2, -0.15) is 10.2 Å². The number of amides is 3. The van der Waals surface area contributed by atoms with E-state index >= 15 is 0 Å². The number of benzene rings is 2.